The predicted molar refractivity (Wildman–Crippen MR) is 115 cm³/mol. The number of hydrogen-bond donors (Lipinski definition) is 1. The van der Waals surface area contributed by atoms with Crippen molar-refractivity contribution < 1.29 is 14.3 Å². The largest absolute Gasteiger partial charge is 0.454 e. The molecule has 4 heteroatoms. The molecule has 2 rings (SSSR count). The number of ether oxygens (including phenoxy) is 2. The average Bonchev–Trinajstić information content (AvgIpc) is 3.16. The van der Waals surface area contributed by atoms with Crippen LogP contribution in [-0.2, 0) is 4.79 Å². The van der Waals surface area contributed by atoms with Gasteiger partial charge in [0, 0.05) is 12.1 Å². The molecule has 0 bridgehead atoms. The highest BCUT2D eigenvalue weighted by atomic mass is 16.7. The summed E-state index contributed by atoms with van der Waals surface area (Å²) < 4.78 is 10.7. The first-order valence-electron chi connectivity index (χ1n) is 10.4. The summed E-state index contributed by atoms with van der Waals surface area (Å²) in [6.07, 6.45) is 19.9. The fraction of sp³-hybridized carbons (Fsp3) is 0.458. The van der Waals surface area contributed by atoms with Crippen LogP contribution in [0.5, 0.6) is 11.5 Å². The maximum Gasteiger partial charge on any atom is 0.244 e. The van der Waals surface area contributed by atoms with Crippen molar-refractivity contribution in [1.29, 1.82) is 0 Å². The number of allylic oxidation sites excluding steroid dienone is 4. The van der Waals surface area contributed by atoms with Gasteiger partial charge in [-0.05, 0) is 56.7 Å². The summed E-state index contributed by atoms with van der Waals surface area (Å²) in [6.45, 7) is 4.39. The van der Waals surface area contributed by atoms with Crippen LogP contribution in [0.2, 0.25) is 0 Å². The van der Waals surface area contributed by atoms with Gasteiger partial charge in [-0.1, -0.05) is 56.2 Å². The van der Waals surface area contributed by atoms with Gasteiger partial charge in [0.15, 0.2) is 11.5 Å². The second kappa shape index (κ2) is 12.8. The first kappa shape index (κ1) is 21.8. The van der Waals surface area contributed by atoms with Crippen LogP contribution in [0.25, 0.3) is 6.08 Å². The van der Waals surface area contributed by atoms with E-state index in [-0.39, 0.29) is 11.9 Å². The summed E-state index contributed by atoms with van der Waals surface area (Å²) in [5, 5.41) is 2.91. The quantitative estimate of drug-likeness (QED) is 0.282. The molecular formula is C24H33NO3. The zero-order valence-electron chi connectivity index (χ0n) is 17.2. The minimum absolute atomic E-state index is 0.0206. The molecule has 0 aliphatic carbocycles. The highest BCUT2D eigenvalue weighted by Gasteiger charge is 2.11. The number of rotatable bonds is 12. The van der Waals surface area contributed by atoms with Crippen molar-refractivity contribution in [3.05, 3.63) is 54.1 Å². The third kappa shape index (κ3) is 8.47. The van der Waals surface area contributed by atoms with E-state index in [1.54, 1.807) is 6.08 Å². The van der Waals surface area contributed by atoms with Crippen LogP contribution in [-0.4, -0.2) is 18.7 Å². The predicted octanol–water partition coefficient (Wildman–Crippen LogP) is 5.80. The molecular weight excluding hydrogens is 350 g/mol. The van der Waals surface area contributed by atoms with Gasteiger partial charge in [-0.3, -0.25) is 4.79 Å². The van der Waals surface area contributed by atoms with Crippen LogP contribution in [0.1, 0.15) is 64.4 Å². The van der Waals surface area contributed by atoms with Crippen LogP contribution in [0.3, 0.4) is 0 Å². The van der Waals surface area contributed by atoms with Crippen LogP contribution in [0, 0.1) is 0 Å². The lowest BCUT2D eigenvalue weighted by atomic mass is 10.1. The van der Waals surface area contributed by atoms with Crippen molar-refractivity contribution in [3.8, 4) is 11.5 Å². The van der Waals surface area contributed by atoms with Gasteiger partial charge in [-0.25, -0.2) is 0 Å². The Morgan fingerprint density at radius 1 is 1.07 bits per heavy atom. The van der Waals surface area contributed by atoms with Crippen molar-refractivity contribution in [2.24, 2.45) is 0 Å². The molecule has 1 aliphatic heterocycles. The lowest BCUT2D eigenvalue weighted by molar-refractivity contribution is -0.117. The molecule has 1 aromatic carbocycles. The molecule has 1 aliphatic rings. The SMILES string of the molecule is CC[C@@H](C)NC(=O)/C=C/C=C/CCCCCC/C=C/c1ccc2c(c1)OCO2. The van der Waals surface area contributed by atoms with Crippen molar-refractivity contribution in [2.45, 2.75) is 64.8 Å². The lowest BCUT2D eigenvalue weighted by Crippen LogP contribution is -2.30. The summed E-state index contributed by atoms with van der Waals surface area (Å²) in [4.78, 5) is 11.6. The molecule has 1 heterocycles. The molecule has 0 saturated heterocycles. The highest BCUT2D eigenvalue weighted by Crippen LogP contribution is 2.32. The Morgan fingerprint density at radius 2 is 1.82 bits per heavy atom. The molecule has 152 valence electrons. The summed E-state index contributed by atoms with van der Waals surface area (Å²) in [5.74, 6) is 1.64. The summed E-state index contributed by atoms with van der Waals surface area (Å²) in [7, 11) is 0. The number of benzene rings is 1. The maximum absolute atomic E-state index is 11.6. The smallest absolute Gasteiger partial charge is 0.244 e. The topological polar surface area (TPSA) is 47.6 Å². The van der Waals surface area contributed by atoms with Crippen LogP contribution in [0.4, 0.5) is 0 Å². The van der Waals surface area contributed by atoms with E-state index in [1.807, 2.05) is 31.2 Å². The Balaban J connectivity index is 1.48. The fourth-order valence-corrected chi connectivity index (χ4v) is 2.82. The van der Waals surface area contributed by atoms with Gasteiger partial charge in [0.1, 0.15) is 0 Å². The normalized spacial score (nSPS) is 14.4. The molecule has 0 saturated carbocycles. The van der Waals surface area contributed by atoms with E-state index in [9.17, 15) is 4.79 Å². The summed E-state index contributed by atoms with van der Waals surface area (Å²) in [6, 6.07) is 6.27. The molecule has 1 atom stereocenters. The van der Waals surface area contributed by atoms with Crippen molar-refractivity contribution in [3.63, 3.8) is 0 Å². The maximum atomic E-state index is 11.6. The molecule has 0 spiro atoms. The Hall–Kier alpha value is -2.49. The van der Waals surface area contributed by atoms with Gasteiger partial charge in [0.05, 0.1) is 0 Å². The third-order valence-electron chi connectivity index (χ3n) is 4.69. The highest BCUT2D eigenvalue weighted by molar-refractivity contribution is 5.87. The van der Waals surface area contributed by atoms with Gasteiger partial charge < -0.3 is 14.8 Å². The van der Waals surface area contributed by atoms with Gasteiger partial charge in [-0.15, -0.1) is 0 Å². The second-order valence-corrected chi connectivity index (χ2v) is 7.11. The Labute approximate surface area is 169 Å². The van der Waals surface area contributed by atoms with Gasteiger partial charge in [-0.2, -0.15) is 0 Å². The zero-order valence-corrected chi connectivity index (χ0v) is 17.2. The van der Waals surface area contributed by atoms with E-state index in [4.69, 9.17) is 9.47 Å². The standard InChI is InChI=1S/C24H33NO3/c1-3-20(2)25-24(26)15-13-11-9-7-5-4-6-8-10-12-14-21-16-17-22-23(18-21)28-19-27-22/h9,11-18,20H,3-8,10,19H2,1-2H3,(H,25,26)/b11-9+,14-12+,15-13+/t20-/m1/s1. The molecule has 0 unspecified atom stereocenters. The van der Waals surface area contributed by atoms with E-state index in [1.165, 1.54) is 25.7 Å². The van der Waals surface area contributed by atoms with Gasteiger partial charge >= 0.3 is 0 Å². The molecule has 0 fully saturated rings. The fourth-order valence-electron chi connectivity index (χ4n) is 2.82. The number of hydrogen-bond acceptors (Lipinski definition) is 3. The van der Waals surface area contributed by atoms with Crippen molar-refractivity contribution in [2.75, 3.05) is 6.79 Å². The molecule has 0 aromatic heterocycles. The lowest BCUT2D eigenvalue weighted by Gasteiger charge is -2.07. The first-order chi connectivity index (χ1) is 13.7. The molecule has 0 radical (unpaired) electrons. The number of amides is 1. The number of carbonyl (C=O) groups excluding carboxylic acids is 1. The van der Waals surface area contributed by atoms with E-state index in [0.717, 1.165) is 36.3 Å². The van der Waals surface area contributed by atoms with Crippen LogP contribution < -0.4 is 14.8 Å². The minimum atomic E-state index is -0.0206. The molecule has 4 nitrogen and oxygen atoms in total. The molecule has 28 heavy (non-hydrogen) atoms. The van der Waals surface area contributed by atoms with Gasteiger partial charge in [0.2, 0.25) is 12.7 Å². The van der Waals surface area contributed by atoms with Crippen molar-refractivity contribution >= 4 is 12.0 Å². The Kier molecular flexibility index (Phi) is 9.98. The molecule has 1 aromatic rings. The van der Waals surface area contributed by atoms with Crippen LogP contribution in [0.15, 0.2) is 48.6 Å². The number of nitrogens with one attached hydrogen (secondary N) is 1. The second-order valence-electron chi connectivity index (χ2n) is 7.11. The minimum Gasteiger partial charge on any atom is -0.454 e. The monoisotopic (exact) mass is 383 g/mol. The van der Waals surface area contributed by atoms with E-state index in [0.29, 0.717) is 6.79 Å². The molecule has 1 N–H and O–H groups in total. The van der Waals surface area contributed by atoms with E-state index in [2.05, 4.69) is 36.5 Å². The van der Waals surface area contributed by atoms with Crippen molar-refractivity contribution in [1.82, 2.24) is 5.32 Å². The number of fused-ring (bicyclic) bond motifs is 1. The Bertz CT molecular complexity index is 691. The van der Waals surface area contributed by atoms with E-state index < -0.39 is 0 Å². The third-order valence-corrected chi connectivity index (χ3v) is 4.69. The number of carbonyl (C=O) groups is 1. The summed E-state index contributed by atoms with van der Waals surface area (Å²) in [5.41, 5.74) is 1.15. The number of unbranched alkanes of at least 4 members (excludes halogenated alkanes) is 5. The van der Waals surface area contributed by atoms with Crippen LogP contribution >= 0.6 is 0 Å². The van der Waals surface area contributed by atoms with Gasteiger partial charge in [0.25, 0.3) is 0 Å². The zero-order chi connectivity index (χ0) is 20.0. The molecule has 1 amide bonds. The van der Waals surface area contributed by atoms with E-state index >= 15 is 0 Å². The Morgan fingerprint density at radius 3 is 2.61 bits per heavy atom. The first-order valence-corrected chi connectivity index (χ1v) is 10.4. The average molecular weight is 384 g/mol. The summed E-state index contributed by atoms with van der Waals surface area (Å²) >= 11 is 0.